The normalized spacial score (nSPS) is 26.2. The lowest BCUT2D eigenvalue weighted by Gasteiger charge is -2.43. The molecule has 3 atom stereocenters. The molecular formula is C22H25NO3. The van der Waals surface area contributed by atoms with Gasteiger partial charge in [-0.05, 0) is 36.5 Å². The molecule has 3 unspecified atom stereocenters. The largest absolute Gasteiger partial charge is 0.454 e. The zero-order valence-electron chi connectivity index (χ0n) is 15.3. The van der Waals surface area contributed by atoms with Crippen molar-refractivity contribution >= 4 is 5.69 Å². The van der Waals surface area contributed by atoms with E-state index in [-0.39, 0.29) is 12.1 Å². The molecule has 3 aliphatic rings. The van der Waals surface area contributed by atoms with E-state index < -0.39 is 0 Å². The fraction of sp³-hybridized carbons (Fsp3) is 0.455. The number of anilines is 1. The molecule has 5 rings (SSSR count). The molecule has 2 aromatic carbocycles. The Morgan fingerprint density at radius 3 is 2.88 bits per heavy atom. The van der Waals surface area contributed by atoms with E-state index in [2.05, 4.69) is 49.5 Å². The topological polar surface area (TPSA) is 39.7 Å². The zero-order valence-corrected chi connectivity index (χ0v) is 15.3. The minimum atomic E-state index is 0.141. The van der Waals surface area contributed by atoms with Crippen LogP contribution in [0.3, 0.4) is 0 Å². The fourth-order valence-corrected chi connectivity index (χ4v) is 4.55. The van der Waals surface area contributed by atoms with Crippen LogP contribution in [-0.4, -0.2) is 13.4 Å². The summed E-state index contributed by atoms with van der Waals surface area (Å²) in [6.45, 7) is 5.62. The number of hydrogen-bond donors (Lipinski definition) is 1. The number of hydrogen-bond acceptors (Lipinski definition) is 4. The third-order valence-corrected chi connectivity index (χ3v) is 5.92. The summed E-state index contributed by atoms with van der Waals surface area (Å²) in [4.78, 5) is 0. The van der Waals surface area contributed by atoms with Crippen LogP contribution >= 0.6 is 0 Å². The molecule has 0 radical (unpaired) electrons. The third-order valence-electron chi connectivity index (χ3n) is 5.92. The van der Waals surface area contributed by atoms with Gasteiger partial charge in [0.25, 0.3) is 0 Å². The van der Waals surface area contributed by atoms with E-state index in [9.17, 15) is 0 Å². The Kier molecular flexibility index (Phi) is 3.82. The number of para-hydroxylation sites is 1. The van der Waals surface area contributed by atoms with Gasteiger partial charge in [-0.3, -0.25) is 0 Å². The first kappa shape index (κ1) is 16.0. The van der Waals surface area contributed by atoms with Crippen LogP contribution < -0.4 is 14.8 Å². The predicted molar refractivity (Wildman–Crippen MR) is 101 cm³/mol. The molecule has 0 spiro atoms. The Bertz CT molecular complexity index is 832. The summed E-state index contributed by atoms with van der Waals surface area (Å²) in [5.41, 5.74) is 5.04. The van der Waals surface area contributed by atoms with Gasteiger partial charge in [-0.15, -0.1) is 0 Å². The molecule has 1 N–H and O–H groups in total. The Morgan fingerprint density at radius 2 is 2.00 bits per heavy atom. The zero-order chi connectivity index (χ0) is 17.7. The number of fused-ring (bicyclic) bond motifs is 4. The molecule has 136 valence electrons. The molecule has 0 bridgehead atoms. The average molecular weight is 351 g/mol. The SMILES string of the molecule is CC(C)c1ccc2c(c1)C1OCCCC1C(c1cccc3c1OCO3)N2. The Morgan fingerprint density at radius 1 is 1.08 bits per heavy atom. The van der Waals surface area contributed by atoms with E-state index in [1.54, 1.807) is 0 Å². The molecule has 0 amide bonds. The third kappa shape index (κ3) is 2.47. The summed E-state index contributed by atoms with van der Waals surface area (Å²) < 4.78 is 17.7. The summed E-state index contributed by atoms with van der Waals surface area (Å²) in [5.74, 6) is 2.65. The second-order valence-corrected chi connectivity index (χ2v) is 7.80. The highest BCUT2D eigenvalue weighted by Gasteiger charge is 2.41. The summed E-state index contributed by atoms with van der Waals surface area (Å²) in [6, 6.07) is 13.1. The van der Waals surface area contributed by atoms with E-state index in [4.69, 9.17) is 14.2 Å². The molecule has 2 aromatic rings. The summed E-state index contributed by atoms with van der Waals surface area (Å²) >= 11 is 0. The van der Waals surface area contributed by atoms with Crippen molar-refractivity contribution in [3.8, 4) is 11.5 Å². The maximum absolute atomic E-state index is 6.30. The van der Waals surface area contributed by atoms with Crippen molar-refractivity contribution in [1.82, 2.24) is 0 Å². The van der Waals surface area contributed by atoms with Gasteiger partial charge >= 0.3 is 0 Å². The smallest absolute Gasteiger partial charge is 0.231 e. The van der Waals surface area contributed by atoms with Crippen LogP contribution in [0.5, 0.6) is 11.5 Å². The van der Waals surface area contributed by atoms with E-state index >= 15 is 0 Å². The van der Waals surface area contributed by atoms with Gasteiger partial charge < -0.3 is 19.5 Å². The lowest BCUT2D eigenvalue weighted by Crippen LogP contribution is -2.36. The number of benzene rings is 2. The molecule has 1 fully saturated rings. The van der Waals surface area contributed by atoms with E-state index in [1.807, 2.05) is 6.07 Å². The highest BCUT2D eigenvalue weighted by Crippen LogP contribution is 2.52. The highest BCUT2D eigenvalue weighted by molar-refractivity contribution is 5.61. The molecule has 0 aromatic heterocycles. The van der Waals surface area contributed by atoms with Crippen LogP contribution in [0.2, 0.25) is 0 Å². The molecule has 3 aliphatic heterocycles. The monoisotopic (exact) mass is 351 g/mol. The first-order valence-corrected chi connectivity index (χ1v) is 9.63. The maximum Gasteiger partial charge on any atom is 0.231 e. The van der Waals surface area contributed by atoms with Crippen molar-refractivity contribution in [2.75, 3.05) is 18.7 Å². The molecule has 4 nitrogen and oxygen atoms in total. The first-order valence-electron chi connectivity index (χ1n) is 9.63. The van der Waals surface area contributed by atoms with Crippen LogP contribution in [0.4, 0.5) is 5.69 Å². The molecule has 3 heterocycles. The van der Waals surface area contributed by atoms with Crippen molar-refractivity contribution in [1.29, 1.82) is 0 Å². The second-order valence-electron chi connectivity index (χ2n) is 7.80. The first-order chi connectivity index (χ1) is 12.7. The average Bonchev–Trinajstić information content (AvgIpc) is 3.16. The van der Waals surface area contributed by atoms with E-state index in [0.717, 1.165) is 30.9 Å². The van der Waals surface area contributed by atoms with Gasteiger partial charge in [0, 0.05) is 29.3 Å². The Labute approximate surface area is 154 Å². The summed E-state index contributed by atoms with van der Waals surface area (Å²) in [6.07, 6.45) is 2.39. The molecule has 1 saturated heterocycles. The molecule has 4 heteroatoms. The second kappa shape index (κ2) is 6.20. The van der Waals surface area contributed by atoms with Crippen molar-refractivity contribution < 1.29 is 14.2 Å². The van der Waals surface area contributed by atoms with Gasteiger partial charge in [-0.2, -0.15) is 0 Å². The van der Waals surface area contributed by atoms with E-state index in [1.165, 1.54) is 22.4 Å². The molecule has 0 aliphatic carbocycles. The fourth-order valence-electron chi connectivity index (χ4n) is 4.55. The van der Waals surface area contributed by atoms with Crippen molar-refractivity contribution in [3.63, 3.8) is 0 Å². The molecular weight excluding hydrogens is 326 g/mol. The van der Waals surface area contributed by atoms with Crippen molar-refractivity contribution in [3.05, 3.63) is 53.1 Å². The van der Waals surface area contributed by atoms with Gasteiger partial charge in [0.15, 0.2) is 11.5 Å². The van der Waals surface area contributed by atoms with E-state index in [0.29, 0.717) is 18.6 Å². The van der Waals surface area contributed by atoms with Gasteiger partial charge in [0.05, 0.1) is 12.1 Å². The summed E-state index contributed by atoms with van der Waals surface area (Å²) in [5, 5.41) is 3.79. The van der Waals surface area contributed by atoms with Crippen molar-refractivity contribution in [2.45, 2.75) is 44.8 Å². The van der Waals surface area contributed by atoms with Crippen LogP contribution in [-0.2, 0) is 4.74 Å². The highest BCUT2D eigenvalue weighted by atomic mass is 16.7. The van der Waals surface area contributed by atoms with Crippen LogP contribution in [0.25, 0.3) is 0 Å². The van der Waals surface area contributed by atoms with Gasteiger partial charge in [0.2, 0.25) is 6.79 Å². The van der Waals surface area contributed by atoms with Gasteiger partial charge in [-0.25, -0.2) is 0 Å². The number of nitrogens with one attached hydrogen (secondary N) is 1. The standard InChI is InChI=1S/C22H25NO3/c1-13(2)14-8-9-18-17(11-14)21-15(6-4-10-24-21)20(23-18)16-5-3-7-19-22(16)26-12-25-19/h3,5,7-9,11,13,15,20-21,23H,4,6,10,12H2,1-2H3. The lowest BCUT2D eigenvalue weighted by atomic mass is 9.76. The Balaban J connectivity index is 1.60. The van der Waals surface area contributed by atoms with Crippen molar-refractivity contribution in [2.24, 2.45) is 5.92 Å². The molecule has 0 saturated carbocycles. The predicted octanol–water partition coefficient (Wildman–Crippen LogP) is 5.17. The Hall–Kier alpha value is -2.20. The minimum absolute atomic E-state index is 0.141. The van der Waals surface area contributed by atoms with Gasteiger partial charge in [-0.1, -0.05) is 38.1 Å². The van der Waals surface area contributed by atoms with Crippen LogP contribution in [0, 0.1) is 5.92 Å². The maximum atomic E-state index is 6.30. The number of ether oxygens (including phenoxy) is 3. The number of rotatable bonds is 2. The lowest BCUT2D eigenvalue weighted by molar-refractivity contribution is -0.0383. The minimum Gasteiger partial charge on any atom is -0.454 e. The summed E-state index contributed by atoms with van der Waals surface area (Å²) in [7, 11) is 0. The quantitative estimate of drug-likeness (QED) is 0.810. The molecule has 26 heavy (non-hydrogen) atoms. The van der Waals surface area contributed by atoms with Crippen LogP contribution in [0.1, 0.15) is 61.4 Å². The van der Waals surface area contributed by atoms with Crippen LogP contribution in [0.15, 0.2) is 36.4 Å². The van der Waals surface area contributed by atoms with Gasteiger partial charge in [0.1, 0.15) is 0 Å².